The fourth-order valence-electron chi connectivity index (χ4n) is 1.18. The van der Waals surface area contributed by atoms with Crippen LogP contribution in [0.4, 0.5) is 13.6 Å². The predicted molar refractivity (Wildman–Crippen MR) is 59.9 cm³/mol. The number of halogens is 2. The molecular formula is C10H11F2N3O3. The Labute approximate surface area is 101 Å². The first-order chi connectivity index (χ1) is 8.54. The number of benzene rings is 1. The van der Waals surface area contributed by atoms with Gasteiger partial charge in [-0.05, 0) is 12.1 Å². The number of carbonyl (C=O) groups excluding carboxylic acids is 1. The van der Waals surface area contributed by atoms with Crippen molar-refractivity contribution in [3.63, 3.8) is 0 Å². The number of methoxy groups -OCH3 is 1. The standard InChI is InChI=1S/C10H11F2N3O3/c1-17-7-4-2-3-6(5-14-15-10(13)16)8(7)18-9(11)12/h2-5,9H,1H3,(H3,13,15,16)/b14-5-. The summed E-state index contributed by atoms with van der Waals surface area (Å²) in [7, 11) is 1.32. The number of amides is 2. The quantitative estimate of drug-likeness (QED) is 0.617. The number of hydrazone groups is 1. The van der Waals surface area contributed by atoms with Crippen molar-refractivity contribution in [1.82, 2.24) is 5.43 Å². The van der Waals surface area contributed by atoms with Gasteiger partial charge in [0, 0.05) is 5.56 Å². The Hall–Kier alpha value is -2.38. The minimum absolute atomic E-state index is 0.123. The average molecular weight is 259 g/mol. The van der Waals surface area contributed by atoms with Crippen LogP contribution in [0.25, 0.3) is 0 Å². The highest BCUT2D eigenvalue weighted by molar-refractivity contribution is 5.86. The summed E-state index contributed by atoms with van der Waals surface area (Å²) in [6.07, 6.45) is 1.12. The van der Waals surface area contributed by atoms with E-state index in [1.807, 2.05) is 5.43 Å². The van der Waals surface area contributed by atoms with Gasteiger partial charge in [-0.3, -0.25) is 0 Å². The molecule has 98 valence electrons. The lowest BCUT2D eigenvalue weighted by Crippen LogP contribution is -2.24. The van der Waals surface area contributed by atoms with Gasteiger partial charge in [0.05, 0.1) is 13.3 Å². The van der Waals surface area contributed by atoms with E-state index in [1.54, 1.807) is 6.07 Å². The second kappa shape index (κ2) is 6.38. The van der Waals surface area contributed by atoms with Crippen molar-refractivity contribution >= 4 is 12.2 Å². The van der Waals surface area contributed by atoms with E-state index >= 15 is 0 Å². The van der Waals surface area contributed by atoms with Crippen molar-refractivity contribution in [2.45, 2.75) is 6.61 Å². The van der Waals surface area contributed by atoms with Crippen LogP contribution in [0.1, 0.15) is 5.56 Å². The molecule has 0 aliphatic carbocycles. The second-order valence-corrected chi connectivity index (χ2v) is 2.99. The summed E-state index contributed by atoms with van der Waals surface area (Å²) in [5.41, 5.74) is 6.94. The van der Waals surface area contributed by atoms with Crippen molar-refractivity contribution < 1.29 is 23.0 Å². The number of hydrogen-bond donors (Lipinski definition) is 2. The number of ether oxygens (including phenoxy) is 2. The van der Waals surface area contributed by atoms with Crippen LogP contribution in [0.5, 0.6) is 11.5 Å². The number of nitrogens with one attached hydrogen (secondary N) is 1. The molecule has 1 rings (SSSR count). The van der Waals surface area contributed by atoms with E-state index in [2.05, 4.69) is 9.84 Å². The number of hydrogen-bond acceptors (Lipinski definition) is 4. The molecule has 2 amide bonds. The minimum atomic E-state index is -3.00. The Morgan fingerprint density at radius 3 is 2.83 bits per heavy atom. The Kier molecular flexibility index (Phi) is 4.85. The van der Waals surface area contributed by atoms with Crippen molar-refractivity contribution in [2.75, 3.05) is 7.11 Å². The summed E-state index contributed by atoms with van der Waals surface area (Å²) in [6.45, 7) is -3.00. The zero-order valence-electron chi connectivity index (χ0n) is 9.39. The first-order valence-electron chi connectivity index (χ1n) is 4.75. The monoisotopic (exact) mass is 259 g/mol. The Bertz CT molecular complexity index is 452. The third-order valence-electron chi connectivity index (χ3n) is 1.81. The number of carbonyl (C=O) groups is 1. The van der Waals surface area contributed by atoms with Crippen LogP contribution >= 0.6 is 0 Å². The van der Waals surface area contributed by atoms with Gasteiger partial charge in [-0.2, -0.15) is 13.9 Å². The molecule has 0 unspecified atom stereocenters. The third-order valence-corrected chi connectivity index (χ3v) is 1.81. The molecule has 0 saturated carbocycles. The van der Waals surface area contributed by atoms with Crippen LogP contribution in [0.15, 0.2) is 23.3 Å². The van der Waals surface area contributed by atoms with Gasteiger partial charge in [-0.1, -0.05) is 6.07 Å². The lowest BCUT2D eigenvalue weighted by atomic mass is 10.2. The number of rotatable bonds is 5. The summed E-state index contributed by atoms with van der Waals surface area (Å²) in [5, 5.41) is 3.45. The van der Waals surface area contributed by atoms with E-state index in [1.165, 1.54) is 19.2 Å². The molecule has 0 aliphatic heterocycles. The maximum absolute atomic E-state index is 12.3. The lowest BCUT2D eigenvalue weighted by Gasteiger charge is -2.11. The molecule has 0 saturated heterocycles. The summed E-state index contributed by atoms with van der Waals surface area (Å²) >= 11 is 0. The Morgan fingerprint density at radius 2 is 2.28 bits per heavy atom. The Balaban J connectivity index is 3.01. The molecule has 0 heterocycles. The summed E-state index contributed by atoms with van der Waals surface area (Å²) < 4.78 is 33.7. The molecule has 1 aromatic rings. The summed E-state index contributed by atoms with van der Waals surface area (Å²) in [5.74, 6) is -0.0525. The van der Waals surface area contributed by atoms with E-state index in [4.69, 9.17) is 10.5 Å². The summed E-state index contributed by atoms with van der Waals surface area (Å²) in [4.78, 5) is 10.4. The van der Waals surface area contributed by atoms with Gasteiger partial charge in [0.2, 0.25) is 0 Å². The number of para-hydroxylation sites is 1. The number of urea groups is 1. The largest absolute Gasteiger partial charge is 0.493 e. The number of nitrogens with two attached hydrogens (primary N) is 1. The molecule has 1 aromatic carbocycles. The van der Waals surface area contributed by atoms with Crippen molar-refractivity contribution in [3.05, 3.63) is 23.8 Å². The molecule has 0 bridgehead atoms. The maximum Gasteiger partial charge on any atom is 0.387 e. The molecule has 8 heteroatoms. The van der Waals surface area contributed by atoms with E-state index in [0.29, 0.717) is 0 Å². The minimum Gasteiger partial charge on any atom is -0.493 e. The van der Waals surface area contributed by atoms with Gasteiger partial charge >= 0.3 is 12.6 Å². The molecule has 0 aromatic heterocycles. The van der Waals surface area contributed by atoms with Crippen molar-refractivity contribution in [2.24, 2.45) is 10.8 Å². The van der Waals surface area contributed by atoms with Gasteiger partial charge < -0.3 is 15.2 Å². The van der Waals surface area contributed by atoms with Crippen molar-refractivity contribution in [1.29, 1.82) is 0 Å². The van der Waals surface area contributed by atoms with Crippen LogP contribution in [0.3, 0.4) is 0 Å². The SMILES string of the molecule is COc1cccc(/C=N\NC(N)=O)c1OC(F)F. The number of nitrogens with zero attached hydrogens (tertiary/aromatic N) is 1. The van der Waals surface area contributed by atoms with E-state index in [-0.39, 0.29) is 17.1 Å². The van der Waals surface area contributed by atoms with Crippen LogP contribution in [-0.4, -0.2) is 26.0 Å². The van der Waals surface area contributed by atoms with E-state index < -0.39 is 12.6 Å². The zero-order chi connectivity index (χ0) is 13.5. The fraction of sp³-hybridized carbons (Fsp3) is 0.200. The highest BCUT2D eigenvalue weighted by atomic mass is 19.3. The van der Waals surface area contributed by atoms with E-state index in [0.717, 1.165) is 6.21 Å². The predicted octanol–water partition coefficient (Wildman–Crippen LogP) is 1.30. The number of alkyl halides is 2. The molecule has 18 heavy (non-hydrogen) atoms. The van der Waals surface area contributed by atoms with Gasteiger partial charge in [0.25, 0.3) is 0 Å². The van der Waals surface area contributed by atoms with Crippen LogP contribution < -0.4 is 20.6 Å². The van der Waals surface area contributed by atoms with Crippen LogP contribution in [-0.2, 0) is 0 Å². The van der Waals surface area contributed by atoms with Crippen LogP contribution in [0, 0.1) is 0 Å². The van der Waals surface area contributed by atoms with Gasteiger partial charge in [0.1, 0.15) is 0 Å². The second-order valence-electron chi connectivity index (χ2n) is 2.99. The summed E-state index contributed by atoms with van der Waals surface area (Å²) in [6, 6.07) is 3.61. The molecule has 0 fully saturated rings. The molecule has 0 aliphatic rings. The Morgan fingerprint density at radius 1 is 1.56 bits per heavy atom. The highest BCUT2D eigenvalue weighted by Crippen LogP contribution is 2.31. The average Bonchev–Trinajstić information content (AvgIpc) is 2.30. The van der Waals surface area contributed by atoms with Crippen LogP contribution in [0.2, 0.25) is 0 Å². The lowest BCUT2D eigenvalue weighted by molar-refractivity contribution is -0.0513. The normalized spacial score (nSPS) is 10.7. The third kappa shape index (κ3) is 3.89. The van der Waals surface area contributed by atoms with Gasteiger partial charge in [-0.15, -0.1) is 0 Å². The topological polar surface area (TPSA) is 85.9 Å². The molecule has 3 N–H and O–H groups in total. The van der Waals surface area contributed by atoms with Gasteiger partial charge in [-0.25, -0.2) is 10.2 Å². The molecule has 0 radical (unpaired) electrons. The molecular weight excluding hydrogens is 248 g/mol. The fourth-order valence-corrected chi connectivity index (χ4v) is 1.18. The molecule has 0 spiro atoms. The smallest absolute Gasteiger partial charge is 0.387 e. The maximum atomic E-state index is 12.3. The molecule has 0 atom stereocenters. The zero-order valence-corrected chi connectivity index (χ0v) is 9.39. The van der Waals surface area contributed by atoms with Gasteiger partial charge in [0.15, 0.2) is 11.5 Å². The van der Waals surface area contributed by atoms with Crippen molar-refractivity contribution in [3.8, 4) is 11.5 Å². The first kappa shape index (κ1) is 13.7. The highest BCUT2D eigenvalue weighted by Gasteiger charge is 2.14. The number of primary amides is 1. The first-order valence-corrected chi connectivity index (χ1v) is 4.75. The molecule has 6 nitrogen and oxygen atoms in total. The van der Waals surface area contributed by atoms with E-state index in [9.17, 15) is 13.6 Å².